The minimum absolute atomic E-state index is 0.0403. The molecule has 0 aliphatic carbocycles. The second-order valence-corrected chi connectivity index (χ2v) is 27.9. The van der Waals surface area contributed by atoms with E-state index in [2.05, 4.69) is 74.7 Å². The molecule has 504 valence electrons. The lowest BCUT2D eigenvalue weighted by Crippen LogP contribution is -2.47. The fourth-order valence-electron chi connectivity index (χ4n) is 10.9. The molecule has 2 N–H and O–H groups in total. The highest BCUT2D eigenvalue weighted by molar-refractivity contribution is 7.47. The summed E-state index contributed by atoms with van der Waals surface area (Å²) in [5.74, 6) is -0.493. The van der Waals surface area contributed by atoms with Gasteiger partial charge in [-0.3, -0.25) is 18.6 Å². The summed E-state index contributed by atoms with van der Waals surface area (Å²) in [6, 6.07) is -0.850. The number of likely N-dealkylation sites (N-methyl/N-ethyl adjacent to an activating group) is 1. The lowest BCUT2D eigenvalue weighted by Gasteiger charge is -2.27. The maximum absolute atomic E-state index is 13.6. The Morgan fingerprint density at radius 2 is 0.709 bits per heavy atom. The van der Waals surface area contributed by atoms with Gasteiger partial charge in [0.2, 0.25) is 5.91 Å². The summed E-state index contributed by atoms with van der Waals surface area (Å²) >= 11 is 0. The zero-order valence-corrected chi connectivity index (χ0v) is 58.7. The molecule has 0 radical (unpaired) electrons. The van der Waals surface area contributed by atoms with E-state index >= 15 is 0 Å². The SMILES string of the molecule is CCCCC/C=C\C/C=C\C/C=C\CCCCCCCCCCCCCCC(=O)NC(COP(=O)(O)OCC[N+](C)(C)C)C(/C=C/CCCCCCCCCCCC)OC(=O)CCCCCCCCCCCCCCC/C=C/CCCCCCCC. The predicted molar refractivity (Wildman–Crippen MR) is 374 cm³/mol. The van der Waals surface area contributed by atoms with E-state index < -0.39 is 20.0 Å². The number of phosphoric acid groups is 1. The molecule has 0 bridgehead atoms. The number of hydrogen-bond acceptors (Lipinski definition) is 6. The van der Waals surface area contributed by atoms with Crippen LogP contribution in [0.15, 0.2) is 60.8 Å². The molecule has 0 aromatic rings. The van der Waals surface area contributed by atoms with Crippen molar-refractivity contribution in [2.24, 2.45) is 0 Å². The first kappa shape index (κ1) is 83.7. The summed E-state index contributed by atoms with van der Waals surface area (Å²) in [6.07, 6.45) is 85.2. The molecule has 0 saturated carbocycles. The molecular formula is C76H144N2O7P+. The maximum atomic E-state index is 13.6. The smallest absolute Gasteiger partial charge is 0.456 e. The van der Waals surface area contributed by atoms with E-state index in [-0.39, 0.29) is 25.1 Å². The van der Waals surface area contributed by atoms with E-state index in [1.165, 1.54) is 257 Å². The fraction of sp³-hybridized carbons (Fsp3) is 0.842. The first-order valence-electron chi connectivity index (χ1n) is 37.1. The zero-order chi connectivity index (χ0) is 62.8. The number of carbonyl (C=O) groups is 2. The summed E-state index contributed by atoms with van der Waals surface area (Å²) in [4.78, 5) is 38.0. The van der Waals surface area contributed by atoms with Crippen LogP contribution in [-0.4, -0.2) is 74.3 Å². The van der Waals surface area contributed by atoms with Crippen LogP contribution in [0.25, 0.3) is 0 Å². The average molecular weight is 1230 g/mol. The number of esters is 1. The molecule has 9 nitrogen and oxygen atoms in total. The topological polar surface area (TPSA) is 111 Å². The molecule has 10 heteroatoms. The van der Waals surface area contributed by atoms with Crippen LogP contribution in [-0.2, 0) is 27.9 Å². The Hall–Kier alpha value is -2.29. The van der Waals surface area contributed by atoms with Crippen LogP contribution in [0.5, 0.6) is 0 Å². The highest BCUT2D eigenvalue weighted by atomic mass is 31.2. The Morgan fingerprint density at radius 1 is 0.407 bits per heavy atom. The van der Waals surface area contributed by atoms with Gasteiger partial charge in [-0.2, -0.15) is 0 Å². The first-order chi connectivity index (χ1) is 41.9. The molecular weight excluding hydrogens is 1080 g/mol. The molecule has 0 heterocycles. The van der Waals surface area contributed by atoms with E-state index in [9.17, 15) is 19.0 Å². The summed E-state index contributed by atoms with van der Waals surface area (Å²) in [6.45, 7) is 7.03. The Kier molecular flexibility index (Phi) is 63.9. The van der Waals surface area contributed by atoms with Crippen molar-refractivity contribution >= 4 is 19.7 Å². The highest BCUT2D eigenvalue weighted by Crippen LogP contribution is 2.43. The molecule has 86 heavy (non-hydrogen) atoms. The Morgan fingerprint density at radius 3 is 1.09 bits per heavy atom. The van der Waals surface area contributed by atoms with Crippen molar-refractivity contribution in [3.63, 3.8) is 0 Å². The van der Waals surface area contributed by atoms with Crippen molar-refractivity contribution in [3.05, 3.63) is 60.8 Å². The minimum Gasteiger partial charge on any atom is -0.456 e. The van der Waals surface area contributed by atoms with Gasteiger partial charge >= 0.3 is 13.8 Å². The number of nitrogens with zero attached hydrogens (tertiary/aromatic N) is 1. The average Bonchev–Trinajstić information content (AvgIpc) is 3.69. The highest BCUT2D eigenvalue weighted by Gasteiger charge is 2.30. The molecule has 0 spiro atoms. The molecule has 0 aromatic heterocycles. The Labute approximate surface area is 534 Å². The largest absolute Gasteiger partial charge is 0.472 e. The molecule has 3 atom stereocenters. The molecule has 0 saturated heterocycles. The van der Waals surface area contributed by atoms with E-state index in [1.807, 2.05) is 33.3 Å². The standard InChI is InChI=1S/C76H143N2O7P/c1-7-10-13-16-19-22-25-28-30-32-34-36-38-39-41-42-44-46-48-50-53-56-59-62-65-68-75(79)77-73(72-84-86(81,82)83-71-70-78(4,5)6)74(67-64-61-58-55-52-27-24-21-18-15-12-9-3)85-76(80)69-66-63-60-57-54-51-49-47-45-43-40-37-35-33-31-29-26-23-20-17-14-11-8-2/h19,22,28-31,34,36,64,67,73-74H,7-18,20-21,23-27,32-33,35,37-63,65-66,68-72H2,1-6H3,(H-,77,79,81,82)/p+1/b22-19-,30-28-,31-29+,36-34-,67-64+. The van der Waals surface area contributed by atoms with Gasteiger partial charge in [0.15, 0.2) is 0 Å². The van der Waals surface area contributed by atoms with Gasteiger partial charge < -0.3 is 19.4 Å². The number of unbranched alkanes of at least 4 members (excludes halogenated alkanes) is 44. The number of rotatable bonds is 68. The van der Waals surface area contributed by atoms with Crippen molar-refractivity contribution in [2.75, 3.05) is 40.9 Å². The quantitative estimate of drug-likeness (QED) is 0.0205. The van der Waals surface area contributed by atoms with Crippen molar-refractivity contribution < 1.29 is 37.3 Å². The zero-order valence-electron chi connectivity index (χ0n) is 57.8. The minimum atomic E-state index is -4.46. The van der Waals surface area contributed by atoms with Crippen molar-refractivity contribution in [1.29, 1.82) is 0 Å². The van der Waals surface area contributed by atoms with Crippen LogP contribution < -0.4 is 5.32 Å². The second kappa shape index (κ2) is 65.7. The summed E-state index contributed by atoms with van der Waals surface area (Å²) in [5, 5.41) is 3.08. The number of carbonyl (C=O) groups excluding carboxylic acids is 2. The van der Waals surface area contributed by atoms with Gasteiger partial charge in [-0.1, -0.05) is 313 Å². The van der Waals surface area contributed by atoms with E-state index in [4.69, 9.17) is 13.8 Å². The Bertz CT molecular complexity index is 1650. The van der Waals surface area contributed by atoms with Crippen molar-refractivity contribution in [2.45, 2.75) is 373 Å². The third-order valence-corrected chi connectivity index (χ3v) is 17.7. The molecule has 0 aliphatic rings. The Balaban J connectivity index is 5.01. The summed E-state index contributed by atoms with van der Waals surface area (Å²) < 4.78 is 30.9. The molecule has 0 aliphatic heterocycles. The first-order valence-corrected chi connectivity index (χ1v) is 38.6. The molecule has 3 unspecified atom stereocenters. The number of allylic oxidation sites excluding steroid dienone is 9. The number of hydrogen-bond donors (Lipinski definition) is 2. The maximum Gasteiger partial charge on any atom is 0.472 e. The predicted octanol–water partition coefficient (Wildman–Crippen LogP) is 23.7. The number of amides is 1. The van der Waals surface area contributed by atoms with Crippen LogP contribution in [0, 0.1) is 0 Å². The van der Waals surface area contributed by atoms with Gasteiger partial charge in [-0.05, 0) is 96.0 Å². The second-order valence-electron chi connectivity index (χ2n) is 26.5. The lowest BCUT2D eigenvalue weighted by molar-refractivity contribution is -0.870. The molecule has 0 fully saturated rings. The van der Waals surface area contributed by atoms with E-state index in [0.29, 0.717) is 23.9 Å². The van der Waals surface area contributed by atoms with Crippen molar-refractivity contribution in [3.8, 4) is 0 Å². The molecule has 0 aromatic carbocycles. The van der Waals surface area contributed by atoms with Crippen LogP contribution >= 0.6 is 7.82 Å². The number of quaternary nitrogens is 1. The van der Waals surface area contributed by atoms with E-state index in [0.717, 1.165) is 70.6 Å². The van der Waals surface area contributed by atoms with Crippen LogP contribution in [0.3, 0.4) is 0 Å². The fourth-order valence-corrected chi connectivity index (χ4v) is 11.7. The van der Waals surface area contributed by atoms with Crippen LogP contribution in [0.2, 0.25) is 0 Å². The van der Waals surface area contributed by atoms with Gasteiger partial charge in [-0.15, -0.1) is 0 Å². The summed E-state index contributed by atoms with van der Waals surface area (Å²) in [7, 11) is 1.51. The van der Waals surface area contributed by atoms with Gasteiger partial charge in [0.1, 0.15) is 19.3 Å². The molecule has 0 rings (SSSR count). The molecule has 1 amide bonds. The van der Waals surface area contributed by atoms with Crippen LogP contribution in [0.4, 0.5) is 0 Å². The monoisotopic (exact) mass is 1230 g/mol. The number of phosphoric ester groups is 1. The normalized spacial score (nSPS) is 13.8. The van der Waals surface area contributed by atoms with E-state index in [1.54, 1.807) is 0 Å². The van der Waals surface area contributed by atoms with Crippen LogP contribution in [0.1, 0.15) is 361 Å². The van der Waals surface area contributed by atoms with Gasteiger partial charge in [-0.25, -0.2) is 4.57 Å². The van der Waals surface area contributed by atoms with Gasteiger partial charge in [0.25, 0.3) is 0 Å². The lowest BCUT2D eigenvalue weighted by atomic mass is 10.0. The third-order valence-electron chi connectivity index (χ3n) is 16.7. The number of ether oxygens (including phenoxy) is 1. The number of nitrogens with one attached hydrogen (secondary N) is 1. The van der Waals surface area contributed by atoms with Crippen molar-refractivity contribution in [1.82, 2.24) is 5.32 Å². The summed E-state index contributed by atoms with van der Waals surface area (Å²) in [5.41, 5.74) is 0. The van der Waals surface area contributed by atoms with Gasteiger partial charge in [0, 0.05) is 12.8 Å². The third kappa shape index (κ3) is 66.1. The van der Waals surface area contributed by atoms with Gasteiger partial charge in [0.05, 0.1) is 33.8 Å².